The summed E-state index contributed by atoms with van der Waals surface area (Å²) in [4.78, 5) is 4.01. The van der Waals surface area contributed by atoms with E-state index in [0.29, 0.717) is 5.15 Å². The fraction of sp³-hybridized carbons (Fsp3) is 0.500. The van der Waals surface area contributed by atoms with E-state index in [1.54, 1.807) is 12.3 Å². The van der Waals surface area contributed by atoms with Crippen molar-refractivity contribution < 1.29 is 22.2 Å². The van der Waals surface area contributed by atoms with Crippen molar-refractivity contribution in [2.45, 2.75) is 31.3 Å². The van der Waals surface area contributed by atoms with Crippen LogP contribution < -0.4 is 0 Å². The molecule has 0 aliphatic heterocycles. The van der Waals surface area contributed by atoms with Crippen LogP contribution >= 0.6 is 11.6 Å². The quantitative estimate of drug-likeness (QED) is 0.616. The number of aliphatic hydroxyl groups excluding tert-OH is 1. The summed E-state index contributed by atoms with van der Waals surface area (Å²) in [6.07, 6.45) is 4.65. The molecule has 1 fully saturated rings. The first kappa shape index (κ1) is 12.0. The number of aromatic nitrogens is 1. The maximum Gasteiger partial charge on any atom is 0.129 e. The van der Waals surface area contributed by atoms with E-state index in [1.807, 2.05) is 6.07 Å². The molecule has 0 amide bonds. The molecule has 1 aromatic heterocycles. The molecule has 1 aliphatic rings. The monoisotopic (exact) mass is 253 g/mol. The Balaban J connectivity index is 0.000000980. The zero-order valence-corrected chi connectivity index (χ0v) is 9.49. The summed E-state index contributed by atoms with van der Waals surface area (Å²) in [7, 11) is 0. The Morgan fingerprint density at radius 3 is 2.64 bits per heavy atom. The van der Waals surface area contributed by atoms with Gasteiger partial charge in [0.05, 0.1) is 6.10 Å². The molecule has 1 aliphatic carbocycles. The third kappa shape index (κ3) is 2.48. The number of rotatable bonds is 1. The van der Waals surface area contributed by atoms with Gasteiger partial charge in [-0.25, -0.2) is 4.98 Å². The molecule has 14 heavy (non-hydrogen) atoms. The number of nitrogens with zero attached hydrogens (tertiary/aromatic N) is 1. The Hall–Kier alpha value is -0.0805. The van der Waals surface area contributed by atoms with Crippen LogP contribution in [0.4, 0.5) is 0 Å². The van der Waals surface area contributed by atoms with E-state index < -0.39 is 0 Å². The number of hydrogen-bond donors (Lipinski definition) is 1. The van der Waals surface area contributed by atoms with E-state index in [-0.39, 0.29) is 29.1 Å². The predicted molar refractivity (Wildman–Crippen MR) is 51.8 cm³/mol. The molecule has 0 bridgehead atoms. The van der Waals surface area contributed by atoms with Gasteiger partial charge in [-0.05, 0) is 24.5 Å². The third-order valence-electron chi connectivity index (χ3n) is 2.66. The van der Waals surface area contributed by atoms with Crippen molar-refractivity contribution in [3.05, 3.63) is 29.0 Å². The SMILES string of the molecule is OC1CCCC1c1ccc(Cl)nc1.[Fe]. The molecule has 1 aromatic rings. The number of halogens is 1. The number of pyridine rings is 1. The van der Waals surface area contributed by atoms with Crippen molar-refractivity contribution in [1.82, 2.24) is 4.98 Å². The first-order valence-electron chi connectivity index (χ1n) is 4.57. The Morgan fingerprint density at radius 2 is 2.14 bits per heavy atom. The maximum atomic E-state index is 9.65. The summed E-state index contributed by atoms with van der Waals surface area (Å²) >= 11 is 5.68. The molecule has 78 valence electrons. The van der Waals surface area contributed by atoms with Gasteiger partial charge in [0.25, 0.3) is 0 Å². The van der Waals surface area contributed by atoms with Gasteiger partial charge in [-0.15, -0.1) is 0 Å². The molecule has 0 radical (unpaired) electrons. The second-order valence-electron chi connectivity index (χ2n) is 3.52. The molecule has 2 rings (SSSR count). The molecule has 4 heteroatoms. The second-order valence-corrected chi connectivity index (χ2v) is 3.91. The third-order valence-corrected chi connectivity index (χ3v) is 2.88. The molecule has 0 saturated heterocycles. The normalized spacial score (nSPS) is 25.9. The van der Waals surface area contributed by atoms with Gasteiger partial charge in [-0.1, -0.05) is 24.1 Å². The second kappa shape index (κ2) is 5.13. The van der Waals surface area contributed by atoms with Gasteiger partial charge >= 0.3 is 0 Å². The summed E-state index contributed by atoms with van der Waals surface area (Å²) in [5.74, 6) is 0.268. The van der Waals surface area contributed by atoms with Gasteiger partial charge < -0.3 is 5.11 Å². The van der Waals surface area contributed by atoms with Crippen molar-refractivity contribution in [3.63, 3.8) is 0 Å². The van der Waals surface area contributed by atoms with Crippen molar-refractivity contribution in [3.8, 4) is 0 Å². The summed E-state index contributed by atoms with van der Waals surface area (Å²) in [6, 6.07) is 3.73. The minimum Gasteiger partial charge on any atom is -0.392 e. The molecule has 0 aromatic carbocycles. The van der Waals surface area contributed by atoms with E-state index >= 15 is 0 Å². The van der Waals surface area contributed by atoms with Gasteiger partial charge in [-0.3, -0.25) is 0 Å². The summed E-state index contributed by atoms with van der Waals surface area (Å²) in [5.41, 5.74) is 1.11. The van der Waals surface area contributed by atoms with Crippen LogP contribution in [-0.2, 0) is 17.1 Å². The molecule has 1 N–H and O–H groups in total. The average molecular weight is 254 g/mol. The largest absolute Gasteiger partial charge is 0.392 e. The summed E-state index contributed by atoms with van der Waals surface area (Å²) < 4.78 is 0. The Labute approximate surface area is 99.2 Å². The molecule has 1 saturated carbocycles. The maximum absolute atomic E-state index is 9.65. The van der Waals surface area contributed by atoms with E-state index in [0.717, 1.165) is 24.8 Å². The minimum atomic E-state index is -0.192. The molecular formula is C10H12ClFeNO. The molecule has 2 nitrogen and oxygen atoms in total. The zero-order valence-electron chi connectivity index (χ0n) is 7.63. The van der Waals surface area contributed by atoms with E-state index in [9.17, 15) is 5.11 Å². The Kier molecular flexibility index (Phi) is 4.39. The van der Waals surface area contributed by atoms with Crippen LogP contribution in [0.5, 0.6) is 0 Å². The van der Waals surface area contributed by atoms with Gasteiger partial charge in [-0.2, -0.15) is 0 Å². The molecular weight excluding hydrogens is 241 g/mol. The summed E-state index contributed by atoms with van der Waals surface area (Å²) in [6.45, 7) is 0. The van der Waals surface area contributed by atoms with Crippen LogP contribution in [0.3, 0.4) is 0 Å². The van der Waals surface area contributed by atoms with E-state index in [1.165, 1.54) is 0 Å². The molecule has 1 heterocycles. The number of aliphatic hydroxyl groups is 1. The van der Waals surface area contributed by atoms with Crippen LogP contribution in [-0.4, -0.2) is 16.2 Å². The number of hydrogen-bond acceptors (Lipinski definition) is 2. The van der Waals surface area contributed by atoms with E-state index in [4.69, 9.17) is 11.6 Å². The van der Waals surface area contributed by atoms with E-state index in [2.05, 4.69) is 4.98 Å². The van der Waals surface area contributed by atoms with Crippen molar-refractivity contribution in [1.29, 1.82) is 0 Å². The van der Waals surface area contributed by atoms with Crippen LogP contribution in [0.1, 0.15) is 30.7 Å². The van der Waals surface area contributed by atoms with Crippen LogP contribution in [0.2, 0.25) is 5.15 Å². The minimum absolute atomic E-state index is 0. The standard InChI is InChI=1S/C10H12ClNO.Fe/c11-10-5-4-7(6-12-10)8-2-1-3-9(8)13;/h4-6,8-9,13H,1-3H2;. The summed E-state index contributed by atoms with van der Waals surface area (Å²) in [5, 5.41) is 10.2. The van der Waals surface area contributed by atoms with Crippen LogP contribution in [0, 0.1) is 0 Å². The average Bonchev–Trinajstić information content (AvgIpc) is 2.53. The van der Waals surface area contributed by atoms with Crippen molar-refractivity contribution in [2.24, 2.45) is 0 Å². The fourth-order valence-electron chi connectivity index (χ4n) is 1.94. The van der Waals surface area contributed by atoms with Crippen LogP contribution in [0.15, 0.2) is 18.3 Å². The molecule has 0 spiro atoms. The fourth-order valence-corrected chi connectivity index (χ4v) is 2.05. The van der Waals surface area contributed by atoms with Gasteiger partial charge in [0, 0.05) is 29.2 Å². The predicted octanol–water partition coefficient (Wildman–Crippen LogP) is 2.36. The van der Waals surface area contributed by atoms with Crippen molar-refractivity contribution >= 4 is 11.6 Å². The first-order valence-corrected chi connectivity index (χ1v) is 4.94. The molecule has 2 atom stereocenters. The first-order chi connectivity index (χ1) is 6.27. The topological polar surface area (TPSA) is 33.1 Å². The smallest absolute Gasteiger partial charge is 0.129 e. The Bertz CT molecular complexity index is 291. The Morgan fingerprint density at radius 1 is 1.36 bits per heavy atom. The van der Waals surface area contributed by atoms with Gasteiger partial charge in [0.15, 0.2) is 0 Å². The van der Waals surface area contributed by atoms with Crippen molar-refractivity contribution in [2.75, 3.05) is 0 Å². The zero-order chi connectivity index (χ0) is 9.26. The molecule has 2 unspecified atom stereocenters. The van der Waals surface area contributed by atoms with Gasteiger partial charge in [0.2, 0.25) is 0 Å². The van der Waals surface area contributed by atoms with Gasteiger partial charge in [0.1, 0.15) is 5.15 Å². The van der Waals surface area contributed by atoms with Crippen LogP contribution in [0.25, 0.3) is 0 Å².